The van der Waals surface area contributed by atoms with E-state index in [0.717, 1.165) is 21.1 Å². The molecule has 1 aliphatic carbocycles. The molecule has 1 heterocycles. The maximum Gasteiger partial charge on any atom is 0.408 e. The predicted octanol–water partition coefficient (Wildman–Crippen LogP) is 6.59. The molecule has 5 amide bonds. The molecular formula is C33H40Cl3N5O5. The average Bonchev–Trinajstić information content (AvgIpc) is 3.37. The number of fused-ring (bicyclic) bond motifs is 3. The number of H-pyrrole nitrogens is 1. The number of nitrogens with one attached hydrogen (secondary N) is 2. The molecule has 0 fully saturated rings. The second kappa shape index (κ2) is 15.0. The Labute approximate surface area is 283 Å². The van der Waals surface area contributed by atoms with Gasteiger partial charge in [-0.2, -0.15) is 0 Å². The van der Waals surface area contributed by atoms with Crippen molar-refractivity contribution in [1.82, 2.24) is 20.1 Å². The van der Waals surface area contributed by atoms with Gasteiger partial charge in [0, 0.05) is 41.5 Å². The number of benzene rings is 2. The third-order valence-corrected chi connectivity index (χ3v) is 9.66. The van der Waals surface area contributed by atoms with Gasteiger partial charge in [0.15, 0.2) is 0 Å². The molecule has 0 aliphatic heterocycles. The van der Waals surface area contributed by atoms with E-state index in [2.05, 4.69) is 10.3 Å². The zero-order valence-corrected chi connectivity index (χ0v) is 28.4. The lowest BCUT2D eigenvalue weighted by atomic mass is 9.77. The van der Waals surface area contributed by atoms with Crippen molar-refractivity contribution in [2.24, 2.45) is 17.6 Å². The summed E-state index contributed by atoms with van der Waals surface area (Å²) in [7, 11) is 0. The zero-order chi connectivity index (χ0) is 33.8. The van der Waals surface area contributed by atoms with E-state index in [4.69, 9.17) is 40.5 Å². The highest BCUT2D eigenvalue weighted by atomic mass is 35.5. The molecule has 0 bridgehead atoms. The molecule has 4 atom stereocenters. The number of primary amides is 1. The number of halogens is 3. The molecule has 248 valence electrons. The number of hydrogen-bond donors (Lipinski definition) is 4. The van der Waals surface area contributed by atoms with E-state index in [1.807, 2.05) is 19.9 Å². The maximum absolute atomic E-state index is 14.6. The number of hydrogen-bond acceptors (Lipinski definition) is 4. The zero-order valence-electron chi connectivity index (χ0n) is 26.1. The number of aromatic amines is 1. The molecule has 3 aromatic rings. The third kappa shape index (κ3) is 7.56. The van der Waals surface area contributed by atoms with Gasteiger partial charge < -0.3 is 21.1 Å². The molecule has 10 nitrogen and oxygen atoms in total. The van der Waals surface area contributed by atoms with Crippen LogP contribution < -0.4 is 11.1 Å². The highest BCUT2D eigenvalue weighted by Crippen LogP contribution is 2.39. The minimum Gasteiger partial charge on any atom is -0.465 e. The van der Waals surface area contributed by atoms with E-state index in [1.54, 1.807) is 43.3 Å². The average molecular weight is 693 g/mol. The van der Waals surface area contributed by atoms with Gasteiger partial charge in [0.2, 0.25) is 5.91 Å². The summed E-state index contributed by atoms with van der Waals surface area (Å²) in [6.07, 6.45) is 0.170. The first kappa shape index (κ1) is 35.4. The normalized spacial score (nSPS) is 17.9. The Bertz CT molecular complexity index is 1600. The molecule has 0 spiro atoms. The smallest absolute Gasteiger partial charge is 0.408 e. The molecule has 46 heavy (non-hydrogen) atoms. The number of carbonyl (C=O) groups excluding carboxylic acids is 3. The van der Waals surface area contributed by atoms with Gasteiger partial charge >= 0.3 is 12.1 Å². The van der Waals surface area contributed by atoms with Crippen LogP contribution in [0.1, 0.15) is 56.9 Å². The lowest BCUT2D eigenvalue weighted by Crippen LogP contribution is -2.67. The van der Waals surface area contributed by atoms with Crippen LogP contribution in [0.15, 0.2) is 42.5 Å². The molecule has 2 aromatic carbocycles. The Morgan fingerprint density at radius 2 is 1.83 bits per heavy atom. The summed E-state index contributed by atoms with van der Waals surface area (Å²) in [4.78, 5) is 59.9. The van der Waals surface area contributed by atoms with Gasteiger partial charge in [0.1, 0.15) is 11.6 Å². The fourth-order valence-electron chi connectivity index (χ4n) is 6.20. The third-order valence-electron chi connectivity index (χ3n) is 8.92. The molecule has 1 aromatic heterocycles. The van der Waals surface area contributed by atoms with Crippen LogP contribution in [0.2, 0.25) is 10.0 Å². The number of carbonyl (C=O) groups is 4. The number of alkyl halides is 1. The van der Waals surface area contributed by atoms with Gasteiger partial charge in [-0.15, -0.1) is 11.6 Å². The molecular weight excluding hydrogens is 653 g/mol. The summed E-state index contributed by atoms with van der Waals surface area (Å²) in [5, 5.41) is 14.8. The first-order valence-corrected chi connectivity index (χ1v) is 16.6. The number of aromatic nitrogens is 1. The van der Waals surface area contributed by atoms with Crippen molar-refractivity contribution in [2.45, 2.75) is 71.0 Å². The Kier molecular flexibility index (Phi) is 11.5. The lowest BCUT2D eigenvalue weighted by Gasteiger charge is -2.42. The number of amides is 5. The van der Waals surface area contributed by atoms with Crippen LogP contribution in [-0.4, -0.2) is 67.8 Å². The van der Waals surface area contributed by atoms with E-state index < -0.39 is 41.4 Å². The summed E-state index contributed by atoms with van der Waals surface area (Å²) < 4.78 is 0. The van der Waals surface area contributed by atoms with Gasteiger partial charge in [-0.1, -0.05) is 80.7 Å². The first-order chi connectivity index (χ1) is 21.8. The van der Waals surface area contributed by atoms with Gasteiger partial charge in [0.25, 0.3) is 5.91 Å². The Morgan fingerprint density at radius 3 is 2.43 bits per heavy atom. The number of carboxylic acid groups (broad SMARTS) is 1. The molecule has 0 saturated carbocycles. The fourth-order valence-corrected chi connectivity index (χ4v) is 7.08. The molecule has 5 N–H and O–H groups in total. The Balaban J connectivity index is 1.82. The highest BCUT2D eigenvalue weighted by Gasteiger charge is 2.49. The molecule has 1 unspecified atom stereocenters. The second-order valence-electron chi connectivity index (χ2n) is 12.2. The van der Waals surface area contributed by atoms with Crippen LogP contribution in [0.4, 0.5) is 9.59 Å². The van der Waals surface area contributed by atoms with Crippen molar-refractivity contribution in [1.29, 1.82) is 0 Å². The largest absolute Gasteiger partial charge is 0.465 e. The molecule has 13 heteroatoms. The van der Waals surface area contributed by atoms with Crippen molar-refractivity contribution in [3.63, 3.8) is 0 Å². The van der Waals surface area contributed by atoms with E-state index in [-0.39, 0.29) is 37.7 Å². The summed E-state index contributed by atoms with van der Waals surface area (Å²) in [5.41, 5.74) is 7.02. The van der Waals surface area contributed by atoms with Crippen molar-refractivity contribution in [3.05, 3.63) is 69.3 Å². The number of imide groups is 1. The lowest BCUT2D eigenvalue weighted by molar-refractivity contribution is -0.142. The number of nitrogens with two attached hydrogens (primary N) is 1. The quantitative estimate of drug-likeness (QED) is 0.158. The predicted molar refractivity (Wildman–Crippen MR) is 180 cm³/mol. The second-order valence-corrected chi connectivity index (χ2v) is 13.4. The van der Waals surface area contributed by atoms with Crippen LogP contribution in [-0.2, 0) is 29.0 Å². The summed E-state index contributed by atoms with van der Waals surface area (Å²) >= 11 is 19.0. The van der Waals surface area contributed by atoms with Crippen molar-refractivity contribution in [2.75, 3.05) is 12.4 Å². The van der Waals surface area contributed by atoms with Gasteiger partial charge in [-0.25, -0.2) is 9.59 Å². The van der Waals surface area contributed by atoms with E-state index in [1.165, 1.54) is 0 Å². The Hall–Kier alpha value is -3.47. The van der Waals surface area contributed by atoms with Crippen molar-refractivity contribution in [3.8, 4) is 0 Å². The van der Waals surface area contributed by atoms with Gasteiger partial charge in [0.05, 0.1) is 10.5 Å². The topological polar surface area (TPSA) is 149 Å². The molecule has 0 radical (unpaired) electrons. The molecule has 4 rings (SSSR count). The fraction of sp³-hybridized carbons (Fsp3) is 0.455. The number of rotatable bonds is 12. The van der Waals surface area contributed by atoms with Crippen LogP contribution in [0.25, 0.3) is 10.9 Å². The summed E-state index contributed by atoms with van der Waals surface area (Å²) in [5.74, 6) is -1.70. The van der Waals surface area contributed by atoms with Crippen molar-refractivity contribution >= 4 is 69.6 Å². The number of aryl methyl sites for hydroxylation is 1. The summed E-state index contributed by atoms with van der Waals surface area (Å²) in [6, 6.07) is 10.2. The SMILES string of the molecule is CC[C@H](C)CN(C(N)=O)C(=O)[C@@]1(NC(=O)C([C@@H](C)CCCl)N(Cc2ccccc2)C(=O)O)CCc2[nH]c3c(Cl)cc(Cl)cc3c2C1. The first-order valence-electron chi connectivity index (χ1n) is 15.3. The molecule has 1 aliphatic rings. The van der Waals surface area contributed by atoms with Crippen LogP contribution >= 0.6 is 34.8 Å². The Morgan fingerprint density at radius 1 is 1.13 bits per heavy atom. The van der Waals surface area contributed by atoms with E-state index in [9.17, 15) is 24.3 Å². The van der Waals surface area contributed by atoms with Crippen LogP contribution in [0.5, 0.6) is 0 Å². The van der Waals surface area contributed by atoms with Gasteiger partial charge in [-0.05, 0) is 54.4 Å². The monoisotopic (exact) mass is 691 g/mol. The number of nitrogens with zero attached hydrogens (tertiary/aromatic N) is 2. The van der Waals surface area contributed by atoms with Crippen LogP contribution in [0, 0.1) is 11.8 Å². The minimum atomic E-state index is -1.63. The standard InChI is InChI=1S/C33H40Cl3N5O5/c1-4-19(2)17-41(31(37)44)30(43)33(12-10-26-24(16-33)23-14-22(35)15-25(36)27(23)38-26)39-29(42)28(20(3)11-13-34)40(32(45)46)18-21-8-6-5-7-9-21/h5-9,14-15,19-20,28,38H,4,10-13,16-18H2,1-3H3,(H2,37,44)(H,39,42)(H,45,46)/t19-,20-,28?,33+/m0/s1. The van der Waals surface area contributed by atoms with E-state index >= 15 is 0 Å². The minimum absolute atomic E-state index is 0.00374. The van der Waals surface area contributed by atoms with Gasteiger partial charge in [-0.3, -0.25) is 19.4 Å². The van der Waals surface area contributed by atoms with Crippen LogP contribution in [0.3, 0.4) is 0 Å². The highest BCUT2D eigenvalue weighted by molar-refractivity contribution is 6.38. The van der Waals surface area contributed by atoms with Crippen molar-refractivity contribution < 1.29 is 24.3 Å². The molecule has 0 saturated heterocycles. The number of urea groups is 1. The van der Waals surface area contributed by atoms with E-state index in [0.29, 0.717) is 45.8 Å². The maximum atomic E-state index is 14.6. The summed E-state index contributed by atoms with van der Waals surface area (Å²) in [6.45, 7) is 5.59.